The van der Waals surface area contributed by atoms with Crippen molar-refractivity contribution in [2.75, 3.05) is 14.2 Å². The number of nitrogens with zero attached hydrogens (tertiary/aromatic N) is 1. The maximum absolute atomic E-state index is 13.9. The number of para-hydroxylation sites is 1. The molecular formula is C17H14FNO2. The predicted octanol–water partition coefficient (Wildman–Crippen LogP) is 4.06. The number of ether oxygens (including phenoxy) is 2. The maximum Gasteiger partial charge on any atom is 0.168 e. The van der Waals surface area contributed by atoms with E-state index in [-0.39, 0.29) is 5.82 Å². The monoisotopic (exact) mass is 283 g/mol. The number of aromatic nitrogens is 1. The van der Waals surface area contributed by atoms with Gasteiger partial charge >= 0.3 is 0 Å². The smallest absolute Gasteiger partial charge is 0.168 e. The molecule has 2 aromatic carbocycles. The summed E-state index contributed by atoms with van der Waals surface area (Å²) >= 11 is 0. The van der Waals surface area contributed by atoms with Gasteiger partial charge in [0.25, 0.3) is 0 Å². The predicted molar refractivity (Wildman–Crippen MR) is 80.2 cm³/mol. The van der Waals surface area contributed by atoms with E-state index in [1.54, 1.807) is 38.6 Å². The third-order valence-electron chi connectivity index (χ3n) is 3.39. The first-order valence-corrected chi connectivity index (χ1v) is 6.50. The van der Waals surface area contributed by atoms with E-state index in [4.69, 9.17) is 9.47 Å². The van der Waals surface area contributed by atoms with Gasteiger partial charge in [0, 0.05) is 22.7 Å². The van der Waals surface area contributed by atoms with E-state index in [1.165, 1.54) is 6.07 Å². The van der Waals surface area contributed by atoms with E-state index >= 15 is 0 Å². The Morgan fingerprint density at radius 2 is 1.81 bits per heavy atom. The summed E-state index contributed by atoms with van der Waals surface area (Å²) in [4.78, 5) is 4.31. The van der Waals surface area contributed by atoms with Crippen LogP contribution in [-0.4, -0.2) is 19.2 Å². The molecule has 0 amide bonds. The van der Waals surface area contributed by atoms with Crippen LogP contribution < -0.4 is 9.47 Å². The lowest BCUT2D eigenvalue weighted by molar-refractivity contribution is 0.356. The van der Waals surface area contributed by atoms with E-state index in [0.29, 0.717) is 22.4 Å². The van der Waals surface area contributed by atoms with E-state index in [2.05, 4.69) is 4.98 Å². The Morgan fingerprint density at radius 3 is 2.57 bits per heavy atom. The number of pyridine rings is 1. The van der Waals surface area contributed by atoms with Crippen LogP contribution in [0.1, 0.15) is 0 Å². The van der Waals surface area contributed by atoms with Crippen LogP contribution in [0.3, 0.4) is 0 Å². The van der Waals surface area contributed by atoms with Gasteiger partial charge in [0.15, 0.2) is 11.5 Å². The quantitative estimate of drug-likeness (QED) is 0.726. The number of hydrogen-bond acceptors (Lipinski definition) is 3. The van der Waals surface area contributed by atoms with Gasteiger partial charge in [-0.05, 0) is 24.3 Å². The molecule has 0 fully saturated rings. The van der Waals surface area contributed by atoms with Crippen LogP contribution >= 0.6 is 0 Å². The molecule has 0 saturated carbocycles. The second kappa shape index (κ2) is 5.40. The number of methoxy groups -OCH3 is 2. The molecular weight excluding hydrogens is 269 g/mol. The highest BCUT2D eigenvalue weighted by Crippen LogP contribution is 2.38. The van der Waals surface area contributed by atoms with E-state index in [9.17, 15) is 4.39 Å². The van der Waals surface area contributed by atoms with Crippen molar-refractivity contribution in [1.29, 1.82) is 0 Å². The molecule has 1 aromatic heterocycles. The molecule has 0 bridgehead atoms. The van der Waals surface area contributed by atoms with Crippen molar-refractivity contribution >= 4 is 10.9 Å². The van der Waals surface area contributed by atoms with Gasteiger partial charge in [-0.2, -0.15) is 0 Å². The molecule has 106 valence electrons. The summed E-state index contributed by atoms with van der Waals surface area (Å²) in [5.74, 6) is 0.949. The molecule has 0 aliphatic rings. The van der Waals surface area contributed by atoms with Crippen molar-refractivity contribution in [3.63, 3.8) is 0 Å². The lowest BCUT2D eigenvalue weighted by Gasteiger charge is -2.13. The average molecular weight is 283 g/mol. The van der Waals surface area contributed by atoms with E-state index < -0.39 is 0 Å². The van der Waals surface area contributed by atoms with Gasteiger partial charge in [0.05, 0.1) is 19.7 Å². The van der Waals surface area contributed by atoms with Crippen molar-refractivity contribution in [2.24, 2.45) is 0 Å². The average Bonchev–Trinajstić information content (AvgIpc) is 2.54. The minimum atomic E-state index is -0.288. The zero-order chi connectivity index (χ0) is 14.8. The van der Waals surface area contributed by atoms with Gasteiger partial charge in [0.2, 0.25) is 0 Å². The zero-order valence-electron chi connectivity index (χ0n) is 11.8. The fourth-order valence-corrected chi connectivity index (χ4v) is 2.37. The zero-order valence-corrected chi connectivity index (χ0v) is 11.8. The van der Waals surface area contributed by atoms with E-state index in [1.807, 2.05) is 18.2 Å². The Morgan fingerprint density at radius 1 is 1.00 bits per heavy atom. The van der Waals surface area contributed by atoms with Gasteiger partial charge in [-0.15, -0.1) is 0 Å². The fourth-order valence-electron chi connectivity index (χ4n) is 2.37. The van der Waals surface area contributed by atoms with Crippen molar-refractivity contribution < 1.29 is 13.9 Å². The molecule has 3 aromatic rings. The Balaban J connectivity index is 2.23. The third kappa shape index (κ3) is 2.29. The second-order valence-corrected chi connectivity index (χ2v) is 4.57. The molecule has 0 aliphatic carbocycles. The highest BCUT2D eigenvalue weighted by atomic mass is 19.1. The van der Waals surface area contributed by atoms with Crippen molar-refractivity contribution in [3.05, 3.63) is 54.5 Å². The first-order valence-electron chi connectivity index (χ1n) is 6.50. The molecule has 3 nitrogen and oxygen atoms in total. The van der Waals surface area contributed by atoms with Gasteiger partial charge in [-0.3, -0.25) is 4.98 Å². The molecule has 0 unspecified atom stereocenters. The minimum absolute atomic E-state index is 0.288. The lowest BCUT2D eigenvalue weighted by Crippen LogP contribution is -1.94. The molecule has 21 heavy (non-hydrogen) atoms. The molecule has 0 radical (unpaired) electrons. The molecule has 0 N–H and O–H groups in total. The van der Waals surface area contributed by atoms with Crippen LogP contribution in [0.5, 0.6) is 11.5 Å². The van der Waals surface area contributed by atoms with Gasteiger partial charge in [0.1, 0.15) is 5.82 Å². The highest BCUT2D eigenvalue weighted by Gasteiger charge is 2.13. The van der Waals surface area contributed by atoms with Crippen LogP contribution in [0, 0.1) is 5.82 Å². The Hall–Kier alpha value is -2.62. The second-order valence-electron chi connectivity index (χ2n) is 4.57. The molecule has 0 aliphatic heterocycles. The summed E-state index contributed by atoms with van der Waals surface area (Å²) in [5.41, 5.74) is 2.22. The third-order valence-corrected chi connectivity index (χ3v) is 3.39. The van der Waals surface area contributed by atoms with Crippen LogP contribution in [-0.2, 0) is 0 Å². The summed E-state index contributed by atoms with van der Waals surface area (Å²) in [6.07, 6.45) is 1.71. The first-order chi connectivity index (χ1) is 10.2. The number of halogens is 1. The van der Waals surface area contributed by atoms with Crippen molar-refractivity contribution in [1.82, 2.24) is 4.98 Å². The van der Waals surface area contributed by atoms with Crippen LogP contribution in [0.25, 0.3) is 22.0 Å². The van der Waals surface area contributed by atoms with Gasteiger partial charge < -0.3 is 9.47 Å². The van der Waals surface area contributed by atoms with E-state index in [0.717, 1.165) is 11.1 Å². The molecule has 4 heteroatoms. The number of hydrogen-bond donors (Lipinski definition) is 0. The van der Waals surface area contributed by atoms with Crippen molar-refractivity contribution in [3.8, 4) is 22.6 Å². The van der Waals surface area contributed by atoms with Crippen LogP contribution in [0.15, 0.2) is 48.7 Å². The summed E-state index contributed by atoms with van der Waals surface area (Å²) in [6, 6.07) is 12.2. The van der Waals surface area contributed by atoms with Crippen molar-refractivity contribution in [2.45, 2.75) is 0 Å². The SMILES string of the molecule is COc1cccc(-c2cnc3cccc(F)c3c2)c1OC. The number of fused-ring (bicyclic) bond motifs is 1. The molecule has 3 rings (SSSR count). The summed E-state index contributed by atoms with van der Waals surface area (Å²) in [5, 5.41) is 0.486. The molecule has 0 spiro atoms. The molecule has 0 atom stereocenters. The number of benzene rings is 2. The largest absolute Gasteiger partial charge is 0.493 e. The summed E-state index contributed by atoms with van der Waals surface area (Å²) in [7, 11) is 3.16. The number of rotatable bonds is 3. The molecule has 1 heterocycles. The first kappa shape index (κ1) is 13.4. The Kier molecular flexibility index (Phi) is 3.44. The maximum atomic E-state index is 13.9. The highest BCUT2D eigenvalue weighted by molar-refractivity contribution is 5.85. The Bertz CT molecular complexity index is 802. The summed E-state index contributed by atoms with van der Waals surface area (Å²) in [6.45, 7) is 0. The normalized spacial score (nSPS) is 10.6. The minimum Gasteiger partial charge on any atom is -0.493 e. The fraction of sp³-hybridized carbons (Fsp3) is 0.118. The van der Waals surface area contributed by atoms with Crippen LogP contribution in [0.4, 0.5) is 4.39 Å². The van der Waals surface area contributed by atoms with Gasteiger partial charge in [-0.25, -0.2) is 4.39 Å². The lowest BCUT2D eigenvalue weighted by atomic mass is 10.0. The topological polar surface area (TPSA) is 31.4 Å². The summed E-state index contributed by atoms with van der Waals surface area (Å²) < 4.78 is 24.6. The molecule has 0 saturated heterocycles. The van der Waals surface area contributed by atoms with Crippen LogP contribution in [0.2, 0.25) is 0 Å². The van der Waals surface area contributed by atoms with Gasteiger partial charge in [-0.1, -0.05) is 18.2 Å². The standard InChI is InChI=1S/C17H14FNO2/c1-20-16-8-3-5-12(17(16)21-2)11-9-13-14(18)6-4-7-15(13)19-10-11/h3-10H,1-2H3. The Labute approximate surface area is 122 Å².